The van der Waals surface area contributed by atoms with Crippen LogP contribution in [0.1, 0.15) is 32.1 Å². The van der Waals surface area contributed by atoms with Crippen molar-refractivity contribution in [1.82, 2.24) is 9.97 Å². The molecule has 2 rings (SSSR count). The maximum atomic E-state index is 11.5. The van der Waals surface area contributed by atoms with Crippen molar-refractivity contribution in [3.05, 3.63) is 22.7 Å². The molecule has 17 heavy (non-hydrogen) atoms. The van der Waals surface area contributed by atoms with Crippen LogP contribution in [0.15, 0.2) is 17.2 Å². The second-order valence-corrected chi connectivity index (χ2v) is 4.89. The molecule has 0 atom stereocenters. The Kier molecular flexibility index (Phi) is 3.78. The summed E-state index contributed by atoms with van der Waals surface area (Å²) in [4.78, 5) is 18.1. The lowest BCUT2D eigenvalue weighted by molar-refractivity contribution is 0.215. The normalized spacial score (nSPS) is 18.9. The number of H-pyrrole nitrogens is 1. The summed E-state index contributed by atoms with van der Waals surface area (Å²) in [5.41, 5.74) is 5.86. The number of aromatic amines is 1. The fourth-order valence-corrected chi connectivity index (χ4v) is 2.50. The van der Waals surface area contributed by atoms with E-state index in [9.17, 15) is 4.79 Å². The summed E-state index contributed by atoms with van der Waals surface area (Å²) >= 11 is 0. The molecular weight excluding hydrogens is 216 g/mol. The average molecular weight is 236 g/mol. The second kappa shape index (κ2) is 5.31. The molecule has 1 heterocycles. The maximum Gasteiger partial charge on any atom is 0.290 e. The van der Waals surface area contributed by atoms with Crippen LogP contribution >= 0.6 is 0 Å². The summed E-state index contributed by atoms with van der Waals surface area (Å²) in [5.74, 6) is 0.394. The summed E-state index contributed by atoms with van der Waals surface area (Å²) in [6.45, 7) is 1.41. The molecule has 0 spiro atoms. The maximum absolute atomic E-state index is 11.5. The summed E-state index contributed by atoms with van der Waals surface area (Å²) in [5, 5.41) is 3.14. The molecule has 1 aliphatic rings. The lowest BCUT2D eigenvalue weighted by Crippen LogP contribution is -2.39. The van der Waals surface area contributed by atoms with Gasteiger partial charge in [-0.25, -0.2) is 4.98 Å². The number of nitrogens with two attached hydrogens (primary N) is 1. The minimum absolute atomic E-state index is 0.141. The van der Waals surface area contributed by atoms with Gasteiger partial charge >= 0.3 is 0 Å². The van der Waals surface area contributed by atoms with Gasteiger partial charge in [0.1, 0.15) is 0 Å². The van der Waals surface area contributed by atoms with E-state index in [1.807, 2.05) is 0 Å². The molecule has 5 nitrogen and oxygen atoms in total. The Bertz CT molecular complexity index is 409. The van der Waals surface area contributed by atoms with Gasteiger partial charge in [-0.3, -0.25) is 4.79 Å². The van der Waals surface area contributed by atoms with E-state index in [0.29, 0.717) is 12.4 Å². The lowest BCUT2D eigenvalue weighted by atomic mass is 9.74. The second-order valence-electron chi connectivity index (χ2n) is 4.89. The number of nitrogens with one attached hydrogen (secondary N) is 2. The minimum atomic E-state index is -0.171. The van der Waals surface area contributed by atoms with Crippen LogP contribution in [0.25, 0.3) is 0 Å². The van der Waals surface area contributed by atoms with Crippen molar-refractivity contribution in [2.75, 3.05) is 18.4 Å². The van der Waals surface area contributed by atoms with Gasteiger partial charge in [-0.1, -0.05) is 19.3 Å². The van der Waals surface area contributed by atoms with Gasteiger partial charge in [0, 0.05) is 18.9 Å². The summed E-state index contributed by atoms with van der Waals surface area (Å²) in [6, 6.07) is 0. The van der Waals surface area contributed by atoms with Crippen LogP contribution in [0.3, 0.4) is 0 Å². The molecule has 0 unspecified atom stereocenters. The van der Waals surface area contributed by atoms with Crippen molar-refractivity contribution in [3.8, 4) is 0 Å². The van der Waals surface area contributed by atoms with Crippen molar-refractivity contribution in [2.24, 2.45) is 11.1 Å². The van der Waals surface area contributed by atoms with Crippen molar-refractivity contribution in [3.63, 3.8) is 0 Å². The molecule has 1 aromatic heterocycles. The van der Waals surface area contributed by atoms with Crippen LogP contribution in [0.4, 0.5) is 5.82 Å². The predicted octanol–water partition coefficient (Wildman–Crippen LogP) is 1.09. The van der Waals surface area contributed by atoms with Crippen molar-refractivity contribution < 1.29 is 0 Å². The number of anilines is 1. The van der Waals surface area contributed by atoms with Gasteiger partial charge < -0.3 is 16.0 Å². The first-order valence-corrected chi connectivity index (χ1v) is 6.23. The molecule has 0 bridgehead atoms. The molecule has 4 N–H and O–H groups in total. The van der Waals surface area contributed by atoms with Crippen LogP contribution in [-0.2, 0) is 0 Å². The molecular formula is C12H20N4O. The van der Waals surface area contributed by atoms with Crippen LogP contribution in [-0.4, -0.2) is 23.1 Å². The Hall–Kier alpha value is -1.36. The van der Waals surface area contributed by atoms with Gasteiger partial charge in [0.2, 0.25) is 0 Å². The molecule has 5 heteroatoms. The van der Waals surface area contributed by atoms with Gasteiger partial charge in [-0.15, -0.1) is 0 Å². The third kappa shape index (κ3) is 2.85. The number of hydrogen-bond donors (Lipinski definition) is 3. The molecule has 1 saturated carbocycles. The van der Waals surface area contributed by atoms with E-state index in [1.165, 1.54) is 25.5 Å². The van der Waals surface area contributed by atoms with E-state index in [0.717, 1.165) is 19.4 Å². The molecule has 0 aromatic carbocycles. The van der Waals surface area contributed by atoms with Gasteiger partial charge in [0.15, 0.2) is 5.82 Å². The summed E-state index contributed by atoms with van der Waals surface area (Å²) in [7, 11) is 0. The zero-order valence-electron chi connectivity index (χ0n) is 10.0. The van der Waals surface area contributed by atoms with Crippen LogP contribution in [0, 0.1) is 5.41 Å². The number of aromatic nitrogens is 2. The molecule has 0 aliphatic heterocycles. The molecule has 1 fully saturated rings. The van der Waals surface area contributed by atoms with Gasteiger partial charge in [-0.2, -0.15) is 0 Å². The number of hydrogen-bond acceptors (Lipinski definition) is 4. The zero-order valence-corrected chi connectivity index (χ0v) is 10.0. The zero-order chi connectivity index (χ0) is 12.1. The molecule has 0 radical (unpaired) electrons. The Labute approximate surface area is 101 Å². The largest absolute Gasteiger partial charge is 0.365 e. The van der Waals surface area contributed by atoms with Gasteiger partial charge in [-0.05, 0) is 24.8 Å². The first-order valence-electron chi connectivity index (χ1n) is 6.23. The lowest BCUT2D eigenvalue weighted by Gasteiger charge is -2.36. The smallest absolute Gasteiger partial charge is 0.290 e. The van der Waals surface area contributed by atoms with Crippen molar-refractivity contribution in [2.45, 2.75) is 32.1 Å². The van der Waals surface area contributed by atoms with Gasteiger partial charge in [0.05, 0.1) is 0 Å². The Balaban J connectivity index is 2.01. The van der Waals surface area contributed by atoms with Gasteiger partial charge in [0.25, 0.3) is 5.56 Å². The summed E-state index contributed by atoms with van der Waals surface area (Å²) in [6.07, 6.45) is 9.16. The number of nitrogens with zero attached hydrogens (tertiary/aromatic N) is 1. The topological polar surface area (TPSA) is 83.8 Å². The Morgan fingerprint density at radius 2 is 2.18 bits per heavy atom. The molecule has 0 amide bonds. The van der Waals surface area contributed by atoms with E-state index in [4.69, 9.17) is 5.73 Å². The minimum Gasteiger partial charge on any atom is -0.365 e. The fourth-order valence-electron chi connectivity index (χ4n) is 2.50. The molecule has 1 aromatic rings. The van der Waals surface area contributed by atoms with E-state index in [1.54, 1.807) is 6.20 Å². The average Bonchev–Trinajstić information content (AvgIpc) is 2.39. The highest BCUT2D eigenvalue weighted by molar-refractivity contribution is 5.30. The highest BCUT2D eigenvalue weighted by Crippen LogP contribution is 2.35. The first kappa shape index (κ1) is 12.1. The standard InChI is InChI=1S/C12H20N4O/c13-8-12(4-2-1-3-5-12)9-16-10-11(17)15-7-6-14-10/h6-7H,1-5,8-9,13H2,(H,14,16)(H,15,17). The third-order valence-corrected chi connectivity index (χ3v) is 3.69. The Morgan fingerprint density at radius 1 is 1.41 bits per heavy atom. The Morgan fingerprint density at radius 3 is 2.82 bits per heavy atom. The fraction of sp³-hybridized carbons (Fsp3) is 0.667. The molecule has 0 saturated heterocycles. The van der Waals surface area contributed by atoms with Crippen LogP contribution in [0.5, 0.6) is 0 Å². The highest BCUT2D eigenvalue weighted by Gasteiger charge is 2.30. The van der Waals surface area contributed by atoms with Crippen molar-refractivity contribution >= 4 is 5.82 Å². The molecule has 1 aliphatic carbocycles. The first-order chi connectivity index (χ1) is 8.26. The molecule has 94 valence electrons. The van der Waals surface area contributed by atoms with Crippen molar-refractivity contribution in [1.29, 1.82) is 0 Å². The summed E-state index contributed by atoms with van der Waals surface area (Å²) < 4.78 is 0. The van der Waals surface area contributed by atoms with Crippen LogP contribution < -0.4 is 16.6 Å². The predicted molar refractivity (Wildman–Crippen MR) is 67.9 cm³/mol. The van der Waals surface area contributed by atoms with E-state index < -0.39 is 0 Å². The van der Waals surface area contributed by atoms with Crippen LogP contribution in [0.2, 0.25) is 0 Å². The monoisotopic (exact) mass is 236 g/mol. The third-order valence-electron chi connectivity index (χ3n) is 3.69. The highest BCUT2D eigenvalue weighted by atomic mass is 16.1. The van der Waals surface area contributed by atoms with E-state index in [2.05, 4.69) is 15.3 Å². The number of rotatable bonds is 4. The quantitative estimate of drug-likeness (QED) is 0.730. The van der Waals surface area contributed by atoms with E-state index >= 15 is 0 Å². The van der Waals surface area contributed by atoms with E-state index in [-0.39, 0.29) is 11.0 Å². The SMILES string of the molecule is NCC1(CNc2ncc[nH]c2=O)CCCCC1.